The zero-order valence-electron chi connectivity index (χ0n) is 16.4. The average Bonchev–Trinajstić information content (AvgIpc) is 3.11. The molecule has 2 aromatic heterocycles. The Kier molecular flexibility index (Phi) is 5.42. The molecule has 0 spiro atoms. The summed E-state index contributed by atoms with van der Waals surface area (Å²) in [5.74, 6) is 0.559. The van der Waals surface area contributed by atoms with Crippen LogP contribution in [0, 0.1) is 5.92 Å². The topological polar surface area (TPSA) is 74.9 Å². The van der Waals surface area contributed by atoms with Crippen molar-refractivity contribution in [1.82, 2.24) is 19.5 Å². The molecule has 0 aliphatic carbocycles. The number of aromatic hydroxyl groups is 1. The molecule has 0 amide bonds. The smallest absolute Gasteiger partial charge is 0.507 e. The van der Waals surface area contributed by atoms with Crippen LogP contribution in [0.25, 0.3) is 16.9 Å². The van der Waals surface area contributed by atoms with Crippen molar-refractivity contribution in [2.75, 3.05) is 32.0 Å². The van der Waals surface area contributed by atoms with Gasteiger partial charge in [-0.15, -0.1) is 18.3 Å². The first-order valence-corrected chi connectivity index (χ1v) is 9.65. The molecule has 10 heteroatoms. The molecule has 1 aromatic carbocycles. The summed E-state index contributed by atoms with van der Waals surface area (Å²) >= 11 is 0. The zero-order chi connectivity index (χ0) is 21.3. The van der Waals surface area contributed by atoms with Crippen molar-refractivity contribution < 1.29 is 23.0 Å². The highest BCUT2D eigenvalue weighted by molar-refractivity contribution is 5.71. The van der Waals surface area contributed by atoms with Crippen molar-refractivity contribution in [2.24, 2.45) is 5.92 Å². The summed E-state index contributed by atoms with van der Waals surface area (Å²) in [5, 5.41) is 18.1. The summed E-state index contributed by atoms with van der Waals surface area (Å²) in [5.41, 5.74) is 1.01. The Morgan fingerprint density at radius 2 is 1.97 bits per heavy atom. The fourth-order valence-corrected chi connectivity index (χ4v) is 3.58. The van der Waals surface area contributed by atoms with Gasteiger partial charge in [-0.2, -0.15) is 0 Å². The predicted octanol–water partition coefficient (Wildman–Crippen LogP) is 3.75. The van der Waals surface area contributed by atoms with Gasteiger partial charge in [0.25, 0.3) is 0 Å². The van der Waals surface area contributed by atoms with E-state index in [0.29, 0.717) is 23.1 Å². The number of fused-ring (bicyclic) bond motifs is 1. The van der Waals surface area contributed by atoms with Crippen molar-refractivity contribution in [2.45, 2.75) is 19.2 Å². The van der Waals surface area contributed by atoms with Gasteiger partial charge in [0, 0.05) is 12.1 Å². The molecule has 0 unspecified atom stereocenters. The van der Waals surface area contributed by atoms with Gasteiger partial charge >= 0.3 is 6.36 Å². The van der Waals surface area contributed by atoms with Crippen LogP contribution in [0.1, 0.15) is 12.8 Å². The van der Waals surface area contributed by atoms with E-state index in [-0.39, 0.29) is 11.3 Å². The minimum absolute atomic E-state index is 0.143. The molecule has 3 aromatic rings. The molecular formula is C20H22F3N5O2. The van der Waals surface area contributed by atoms with E-state index >= 15 is 0 Å². The monoisotopic (exact) mass is 421 g/mol. The largest absolute Gasteiger partial charge is 0.573 e. The van der Waals surface area contributed by atoms with E-state index in [2.05, 4.69) is 32.1 Å². The first-order chi connectivity index (χ1) is 14.3. The van der Waals surface area contributed by atoms with E-state index in [1.54, 1.807) is 6.07 Å². The number of nitrogens with one attached hydrogen (secondary N) is 1. The lowest BCUT2D eigenvalue weighted by Gasteiger charge is -2.29. The minimum Gasteiger partial charge on any atom is -0.507 e. The molecule has 1 aliphatic rings. The SMILES string of the molecule is CN1CCC(CNc2ccc3ncc(-c4cc(OC(F)(F)F)ccc4O)n3n2)CC1. The highest BCUT2D eigenvalue weighted by atomic mass is 19.4. The first kappa shape index (κ1) is 20.3. The number of piperidine rings is 1. The van der Waals surface area contributed by atoms with Crippen LogP contribution in [0.4, 0.5) is 19.0 Å². The number of phenols is 1. The Bertz CT molecular complexity index is 1030. The van der Waals surface area contributed by atoms with E-state index in [1.807, 2.05) is 6.07 Å². The molecule has 0 bridgehead atoms. The lowest BCUT2D eigenvalue weighted by Crippen LogP contribution is -2.33. The van der Waals surface area contributed by atoms with Crippen molar-refractivity contribution >= 4 is 11.5 Å². The highest BCUT2D eigenvalue weighted by Gasteiger charge is 2.31. The molecule has 0 radical (unpaired) electrons. The van der Waals surface area contributed by atoms with Gasteiger partial charge in [-0.3, -0.25) is 0 Å². The van der Waals surface area contributed by atoms with Gasteiger partial charge < -0.3 is 20.1 Å². The van der Waals surface area contributed by atoms with Crippen molar-refractivity contribution in [3.05, 3.63) is 36.5 Å². The molecule has 2 N–H and O–H groups in total. The van der Waals surface area contributed by atoms with Gasteiger partial charge in [0.15, 0.2) is 5.65 Å². The van der Waals surface area contributed by atoms with Crippen molar-refractivity contribution in [3.63, 3.8) is 0 Å². The Morgan fingerprint density at radius 3 is 2.70 bits per heavy atom. The standard InChI is InChI=1S/C20H22F3N5O2/c1-27-8-6-13(7-9-27)11-24-18-4-5-19-25-12-16(28(19)26-18)15-10-14(2-3-17(15)29)30-20(21,22)23/h2-5,10,12-13,29H,6-9,11H2,1H3,(H,24,26). The lowest BCUT2D eigenvalue weighted by atomic mass is 9.97. The lowest BCUT2D eigenvalue weighted by molar-refractivity contribution is -0.274. The third kappa shape index (κ3) is 4.59. The minimum atomic E-state index is -4.82. The molecule has 160 valence electrons. The number of likely N-dealkylation sites (tertiary alicyclic amines) is 1. The molecule has 3 heterocycles. The summed E-state index contributed by atoms with van der Waals surface area (Å²) in [4.78, 5) is 6.54. The molecule has 0 saturated carbocycles. The third-order valence-electron chi connectivity index (χ3n) is 5.25. The van der Waals surface area contributed by atoms with Gasteiger partial charge in [0.1, 0.15) is 17.3 Å². The predicted molar refractivity (Wildman–Crippen MR) is 105 cm³/mol. The van der Waals surface area contributed by atoms with Gasteiger partial charge in [0.05, 0.1) is 11.9 Å². The van der Waals surface area contributed by atoms with Crippen LogP contribution < -0.4 is 10.1 Å². The maximum Gasteiger partial charge on any atom is 0.573 e. The summed E-state index contributed by atoms with van der Waals surface area (Å²) in [6.07, 6.45) is -1.14. The summed E-state index contributed by atoms with van der Waals surface area (Å²) < 4.78 is 43.1. The summed E-state index contributed by atoms with van der Waals surface area (Å²) in [6, 6.07) is 6.90. The first-order valence-electron chi connectivity index (χ1n) is 9.65. The Balaban J connectivity index is 1.58. The number of hydrogen-bond donors (Lipinski definition) is 2. The number of nitrogens with zero attached hydrogens (tertiary/aromatic N) is 4. The fourth-order valence-electron chi connectivity index (χ4n) is 3.58. The number of rotatable bonds is 5. The van der Waals surface area contributed by atoms with Gasteiger partial charge in [0.2, 0.25) is 0 Å². The number of hydrogen-bond acceptors (Lipinski definition) is 6. The number of alkyl halides is 3. The van der Waals surface area contributed by atoms with E-state index in [4.69, 9.17) is 0 Å². The average molecular weight is 421 g/mol. The molecule has 0 atom stereocenters. The van der Waals surface area contributed by atoms with Gasteiger partial charge in [-0.1, -0.05) is 0 Å². The maximum atomic E-state index is 12.6. The number of anilines is 1. The summed E-state index contributed by atoms with van der Waals surface area (Å²) in [6.45, 7) is 2.93. The van der Waals surface area contributed by atoms with E-state index < -0.39 is 12.1 Å². The normalized spacial score (nSPS) is 16.1. The maximum absolute atomic E-state index is 12.6. The second-order valence-corrected chi connectivity index (χ2v) is 7.49. The second kappa shape index (κ2) is 8.02. The number of benzene rings is 1. The molecule has 1 aliphatic heterocycles. The van der Waals surface area contributed by atoms with Crippen LogP contribution in [0.3, 0.4) is 0 Å². The van der Waals surface area contributed by atoms with Crippen LogP contribution in [0.15, 0.2) is 36.5 Å². The van der Waals surface area contributed by atoms with Crippen LogP contribution in [-0.2, 0) is 0 Å². The number of halogens is 3. The van der Waals surface area contributed by atoms with Crippen LogP contribution >= 0.6 is 0 Å². The number of ether oxygens (including phenoxy) is 1. The number of imidazole rings is 1. The van der Waals surface area contributed by atoms with E-state index in [1.165, 1.54) is 10.7 Å². The van der Waals surface area contributed by atoms with Crippen LogP contribution in [-0.4, -0.2) is 57.6 Å². The highest BCUT2D eigenvalue weighted by Crippen LogP contribution is 2.34. The van der Waals surface area contributed by atoms with E-state index in [0.717, 1.165) is 50.7 Å². The molecule has 1 fully saturated rings. The molecule has 4 rings (SSSR count). The fraction of sp³-hybridized carbons (Fsp3) is 0.400. The Morgan fingerprint density at radius 1 is 1.20 bits per heavy atom. The molecule has 1 saturated heterocycles. The molecular weight excluding hydrogens is 399 g/mol. The summed E-state index contributed by atoms with van der Waals surface area (Å²) in [7, 11) is 2.11. The molecule has 30 heavy (non-hydrogen) atoms. The van der Waals surface area contributed by atoms with Gasteiger partial charge in [-0.05, 0) is 69.2 Å². The number of aromatic nitrogens is 3. The third-order valence-corrected chi connectivity index (χ3v) is 5.25. The zero-order valence-corrected chi connectivity index (χ0v) is 16.4. The van der Waals surface area contributed by atoms with Crippen molar-refractivity contribution in [3.8, 4) is 22.8 Å². The molecule has 7 nitrogen and oxygen atoms in total. The van der Waals surface area contributed by atoms with Crippen LogP contribution in [0.2, 0.25) is 0 Å². The Hall–Kier alpha value is -3.01. The quantitative estimate of drug-likeness (QED) is 0.654. The Labute approximate surface area is 171 Å². The van der Waals surface area contributed by atoms with Crippen molar-refractivity contribution in [1.29, 1.82) is 0 Å². The number of phenolic OH excluding ortho intramolecular Hbond substituents is 1. The van der Waals surface area contributed by atoms with Gasteiger partial charge in [-0.25, -0.2) is 9.50 Å². The second-order valence-electron chi connectivity index (χ2n) is 7.49. The van der Waals surface area contributed by atoms with E-state index in [9.17, 15) is 18.3 Å². The van der Waals surface area contributed by atoms with Crippen LogP contribution in [0.5, 0.6) is 11.5 Å².